The zero-order valence-corrected chi connectivity index (χ0v) is 20.8. The predicted octanol–water partition coefficient (Wildman–Crippen LogP) is 9.13. The fourth-order valence-electron chi connectivity index (χ4n) is 9.96. The first-order chi connectivity index (χ1) is 13.8. The summed E-state index contributed by atoms with van der Waals surface area (Å²) >= 11 is 0. The third-order valence-corrected chi connectivity index (χ3v) is 11.8. The van der Waals surface area contributed by atoms with Crippen molar-refractivity contribution in [1.82, 2.24) is 0 Å². The maximum Gasteiger partial charge on any atom is -0.0264 e. The minimum atomic E-state index is 0.665. The Kier molecular flexibility index (Phi) is 6.51. The van der Waals surface area contributed by atoms with Crippen LogP contribution in [0.1, 0.15) is 125 Å². The van der Waals surface area contributed by atoms with E-state index in [0.717, 1.165) is 47.3 Å². The van der Waals surface area contributed by atoms with Gasteiger partial charge in [0.1, 0.15) is 0 Å². The minimum absolute atomic E-state index is 0.665. The van der Waals surface area contributed by atoms with Crippen molar-refractivity contribution >= 4 is 0 Å². The fourth-order valence-corrected chi connectivity index (χ4v) is 9.96. The Balaban J connectivity index is 1.45. The highest BCUT2D eigenvalue weighted by Crippen LogP contribution is 2.68. The Labute approximate surface area is 183 Å². The first-order valence-electron chi connectivity index (χ1n) is 13.8. The molecular formula is C29H52. The lowest BCUT2D eigenvalue weighted by Gasteiger charge is -2.61. The van der Waals surface area contributed by atoms with Crippen LogP contribution < -0.4 is 0 Å². The standard InChI is InChI=1S/C29H52/c1-7-22(20(2)3)12-11-21(4)25-15-16-26-24-14-13-23-10-8-9-18-28(23,5)27(24)17-19-29(25,26)6/h20-27H,7-19H2,1-6H3/t21-,22-,23+,24+,25-,26+,27-,28+,29-/m1/s1. The van der Waals surface area contributed by atoms with Crippen molar-refractivity contribution in [3.63, 3.8) is 0 Å². The molecule has 0 saturated heterocycles. The van der Waals surface area contributed by atoms with Gasteiger partial charge in [-0.05, 0) is 116 Å². The molecule has 0 bridgehead atoms. The van der Waals surface area contributed by atoms with E-state index in [0.29, 0.717) is 10.8 Å². The predicted molar refractivity (Wildman–Crippen MR) is 127 cm³/mol. The summed E-state index contributed by atoms with van der Waals surface area (Å²) in [6.07, 6.45) is 19.8. The number of fused-ring (bicyclic) bond motifs is 5. The molecule has 0 heterocycles. The normalized spacial score (nSPS) is 46.7. The summed E-state index contributed by atoms with van der Waals surface area (Å²) in [5.41, 5.74) is 1.37. The zero-order valence-electron chi connectivity index (χ0n) is 20.8. The van der Waals surface area contributed by atoms with Crippen LogP contribution in [0.5, 0.6) is 0 Å². The van der Waals surface area contributed by atoms with Gasteiger partial charge in [0.2, 0.25) is 0 Å². The quantitative estimate of drug-likeness (QED) is 0.417. The first-order valence-corrected chi connectivity index (χ1v) is 13.8. The fraction of sp³-hybridized carbons (Fsp3) is 1.00. The van der Waals surface area contributed by atoms with E-state index in [4.69, 9.17) is 0 Å². The van der Waals surface area contributed by atoms with Gasteiger partial charge in [-0.2, -0.15) is 0 Å². The molecule has 9 atom stereocenters. The van der Waals surface area contributed by atoms with Crippen LogP contribution in [0.3, 0.4) is 0 Å². The summed E-state index contributed by atoms with van der Waals surface area (Å²) in [6.45, 7) is 15.4. The van der Waals surface area contributed by atoms with E-state index in [9.17, 15) is 0 Å². The van der Waals surface area contributed by atoms with Gasteiger partial charge < -0.3 is 0 Å². The molecule has 0 nitrogen and oxygen atoms in total. The molecule has 4 fully saturated rings. The van der Waals surface area contributed by atoms with Crippen LogP contribution in [0.25, 0.3) is 0 Å². The van der Waals surface area contributed by atoms with Crippen molar-refractivity contribution in [2.45, 2.75) is 125 Å². The topological polar surface area (TPSA) is 0 Å². The maximum absolute atomic E-state index is 2.76. The van der Waals surface area contributed by atoms with Gasteiger partial charge in [0.05, 0.1) is 0 Å². The Morgan fingerprint density at radius 2 is 1.52 bits per heavy atom. The Bertz CT molecular complexity index is 548. The lowest BCUT2D eigenvalue weighted by molar-refractivity contribution is -0.114. The molecule has 0 amide bonds. The minimum Gasteiger partial charge on any atom is -0.0651 e. The van der Waals surface area contributed by atoms with Crippen LogP contribution >= 0.6 is 0 Å². The SMILES string of the molecule is CC[C@H](CC[C@@H](C)[C@H]1CC[C@H]2[C@@H]3CC[C@@H]4CCCC[C@]4(C)[C@@H]3CC[C@]12C)C(C)C. The summed E-state index contributed by atoms with van der Waals surface area (Å²) in [5, 5.41) is 0. The van der Waals surface area contributed by atoms with Crippen LogP contribution in [-0.4, -0.2) is 0 Å². The molecule has 0 aromatic heterocycles. The molecule has 4 aliphatic carbocycles. The Morgan fingerprint density at radius 1 is 0.759 bits per heavy atom. The lowest BCUT2D eigenvalue weighted by atomic mass is 9.44. The zero-order chi connectivity index (χ0) is 20.8. The molecule has 0 aromatic rings. The molecular weight excluding hydrogens is 348 g/mol. The molecule has 4 rings (SSSR count). The van der Waals surface area contributed by atoms with Gasteiger partial charge >= 0.3 is 0 Å². The van der Waals surface area contributed by atoms with Crippen molar-refractivity contribution in [2.24, 2.45) is 58.2 Å². The second kappa shape index (κ2) is 8.50. The lowest BCUT2D eigenvalue weighted by Crippen LogP contribution is -2.53. The van der Waals surface area contributed by atoms with Crippen molar-refractivity contribution in [2.75, 3.05) is 0 Å². The molecule has 4 saturated carbocycles. The molecule has 0 radical (unpaired) electrons. The number of hydrogen-bond acceptors (Lipinski definition) is 0. The van der Waals surface area contributed by atoms with Gasteiger partial charge in [0.15, 0.2) is 0 Å². The van der Waals surface area contributed by atoms with Gasteiger partial charge in [-0.15, -0.1) is 0 Å². The molecule has 168 valence electrons. The third kappa shape index (κ3) is 3.75. The second-order valence-electron chi connectivity index (χ2n) is 13.1. The molecule has 0 heteroatoms. The van der Waals surface area contributed by atoms with Gasteiger partial charge in [0, 0.05) is 0 Å². The largest absolute Gasteiger partial charge is 0.0651 e. The average Bonchev–Trinajstić information content (AvgIpc) is 3.05. The van der Waals surface area contributed by atoms with Crippen molar-refractivity contribution in [1.29, 1.82) is 0 Å². The van der Waals surface area contributed by atoms with Crippen LogP contribution in [0, 0.1) is 58.2 Å². The molecule has 0 unspecified atom stereocenters. The summed E-state index contributed by atoms with van der Waals surface area (Å²) < 4.78 is 0. The summed E-state index contributed by atoms with van der Waals surface area (Å²) in [5.74, 6) is 8.02. The van der Waals surface area contributed by atoms with E-state index < -0.39 is 0 Å². The molecule has 0 spiro atoms. The summed E-state index contributed by atoms with van der Waals surface area (Å²) in [6, 6.07) is 0. The highest BCUT2D eigenvalue weighted by Gasteiger charge is 2.60. The maximum atomic E-state index is 2.76. The van der Waals surface area contributed by atoms with Crippen molar-refractivity contribution < 1.29 is 0 Å². The molecule has 0 N–H and O–H groups in total. The highest BCUT2D eigenvalue weighted by molar-refractivity contribution is 5.09. The van der Waals surface area contributed by atoms with Crippen LogP contribution in [0.2, 0.25) is 0 Å². The summed E-state index contributed by atoms with van der Waals surface area (Å²) in [7, 11) is 0. The number of rotatable bonds is 6. The molecule has 0 aliphatic heterocycles. The van der Waals surface area contributed by atoms with E-state index in [1.807, 2.05) is 0 Å². The van der Waals surface area contributed by atoms with Gasteiger partial charge in [-0.3, -0.25) is 0 Å². The van der Waals surface area contributed by atoms with Crippen molar-refractivity contribution in [3.05, 3.63) is 0 Å². The van der Waals surface area contributed by atoms with E-state index in [1.165, 1.54) is 32.1 Å². The monoisotopic (exact) mass is 400 g/mol. The highest BCUT2D eigenvalue weighted by atomic mass is 14.6. The Hall–Kier alpha value is 0. The first kappa shape index (κ1) is 22.2. The average molecular weight is 401 g/mol. The van der Waals surface area contributed by atoms with Crippen LogP contribution in [0.15, 0.2) is 0 Å². The van der Waals surface area contributed by atoms with Gasteiger partial charge in [0.25, 0.3) is 0 Å². The van der Waals surface area contributed by atoms with Gasteiger partial charge in [-0.1, -0.05) is 67.2 Å². The molecule has 0 aromatic carbocycles. The van der Waals surface area contributed by atoms with E-state index in [-0.39, 0.29) is 0 Å². The summed E-state index contributed by atoms with van der Waals surface area (Å²) in [4.78, 5) is 0. The van der Waals surface area contributed by atoms with E-state index in [2.05, 4.69) is 41.5 Å². The Morgan fingerprint density at radius 3 is 2.24 bits per heavy atom. The number of hydrogen-bond donors (Lipinski definition) is 0. The van der Waals surface area contributed by atoms with E-state index >= 15 is 0 Å². The van der Waals surface area contributed by atoms with Crippen LogP contribution in [0.4, 0.5) is 0 Å². The van der Waals surface area contributed by atoms with E-state index in [1.54, 1.807) is 51.4 Å². The molecule has 29 heavy (non-hydrogen) atoms. The third-order valence-electron chi connectivity index (χ3n) is 11.8. The van der Waals surface area contributed by atoms with Gasteiger partial charge in [-0.25, -0.2) is 0 Å². The van der Waals surface area contributed by atoms with Crippen LogP contribution in [-0.2, 0) is 0 Å². The van der Waals surface area contributed by atoms with Crippen molar-refractivity contribution in [3.8, 4) is 0 Å². The smallest absolute Gasteiger partial charge is 0.0264 e. The second-order valence-corrected chi connectivity index (χ2v) is 13.1. The molecule has 4 aliphatic rings.